The molecule has 0 fully saturated rings. The molecule has 0 aliphatic carbocycles. The molecular formula is C20H25N. The summed E-state index contributed by atoms with van der Waals surface area (Å²) in [5, 5.41) is 2.65. The van der Waals surface area contributed by atoms with Gasteiger partial charge in [-0.1, -0.05) is 59.7 Å². The van der Waals surface area contributed by atoms with E-state index in [2.05, 4.69) is 82.9 Å². The van der Waals surface area contributed by atoms with E-state index in [4.69, 9.17) is 0 Å². The summed E-state index contributed by atoms with van der Waals surface area (Å²) in [5.41, 5.74) is 5.59. The van der Waals surface area contributed by atoms with Crippen LogP contribution in [0.1, 0.15) is 52.7 Å². The molecule has 1 heterocycles. The molecule has 0 amide bonds. The van der Waals surface area contributed by atoms with Crippen molar-refractivity contribution >= 4 is 21.8 Å². The van der Waals surface area contributed by atoms with Gasteiger partial charge in [0.2, 0.25) is 0 Å². The standard InChI is InChI=1S/C20H25N/c1-19(2,3)13-8-10-17-16(11-13)15-9-7-14(20(4,5)6)12-18(15)21-17/h7-12,21H,1-6H3. The molecule has 0 saturated carbocycles. The molecule has 0 saturated heterocycles. The monoisotopic (exact) mass is 279 g/mol. The predicted molar refractivity (Wildman–Crippen MR) is 93.2 cm³/mol. The van der Waals surface area contributed by atoms with Crippen molar-refractivity contribution in [3.63, 3.8) is 0 Å². The molecule has 0 radical (unpaired) electrons. The second-order valence-electron chi connectivity index (χ2n) is 8.15. The van der Waals surface area contributed by atoms with Gasteiger partial charge < -0.3 is 4.98 Å². The smallest absolute Gasteiger partial charge is 0.0467 e. The molecule has 3 aromatic rings. The van der Waals surface area contributed by atoms with Crippen molar-refractivity contribution in [2.45, 2.75) is 52.4 Å². The molecule has 110 valence electrons. The number of aromatic nitrogens is 1. The summed E-state index contributed by atoms with van der Waals surface area (Å²) < 4.78 is 0. The second-order valence-corrected chi connectivity index (χ2v) is 8.15. The van der Waals surface area contributed by atoms with Gasteiger partial charge in [-0.05, 0) is 40.2 Å². The number of H-pyrrole nitrogens is 1. The SMILES string of the molecule is CC(C)(C)c1ccc2c(c1)[nH]c1ccc(C(C)(C)C)cc12. The Morgan fingerprint density at radius 3 is 1.81 bits per heavy atom. The summed E-state index contributed by atoms with van der Waals surface area (Å²) >= 11 is 0. The van der Waals surface area contributed by atoms with Crippen molar-refractivity contribution in [3.8, 4) is 0 Å². The van der Waals surface area contributed by atoms with E-state index in [0.717, 1.165) is 0 Å². The summed E-state index contributed by atoms with van der Waals surface area (Å²) in [7, 11) is 0. The molecule has 2 aromatic carbocycles. The van der Waals surface area contributed by atoms with E-state index in [9.17, 15) is 0 Å². The number of nitrogens with one attached hydrogen (secondary N) is 1. The molecule has 0 bridgehead atoms. The van der Waals surface area contributed by atoms with Crippen LogP contribution in [0.3, 0.4) is 0 Å². The van der Waals surface area contributed by atoms with E-state index in [0.29, 0.717) is 0 Å². The van der Waals surface area contributed by atoms with Crippen LogP contribution in [0.4, 0.5) is 0 Å². The Hall–Kier alpha value is -1.76. The minimum atomic E-state index is 0.183. The average Bonchev–Trinajstić information content (AvgIpc) is 2.73. The van der Waals surface area contributed by atoms with Crippen LogP contribution in [-0.4, -0.2) is 4.98 Å². The van der Waals surface area contributed by atoms with E-state index in [1.165, 1.54) is 32.9 Å². The van der Waals surface area contributed by atoms with Crippen LogP contribution < -0.4 is 0 Å². The van der Waals surface area contributed by atoms with Gasteiger partial charge in [-0.2, -0.15) is 0 Å². The molecule has 0 atom stereocenters. The predicted octanol–water partition coefficient (Wildman–Crippen LogP) is 5.92. The Bertz CT molecular complexity index is 807. The van der Waals surface area contributed by atoms with Gasteiger partial charge in [0.25, 0.3) is 0 Å². The Kier molecular flexibility index (Phi) is 2.95. The summed E-state index contributed by atoms with van der Waals surface area (Å²) in [4.78, 5) is 3.57. The molecule has 1 nitrogen and oxygen atoms in total. The van der Waals surface area contributed by atoms with Gasteiger partial charge in [-0.15, -0.1) is 0 Å². The highest BCUT2D eigenvalue weighted by atomic mass is 14.7. The topological polar surface area (TPSA) is 15.8 Å². The molecule has 21 heavy (non-hydrogen) atoms. The lowest BCUT2D eigenvalue weighted by Crippen LogP contribution is -2.10. The summed E-state index contributed by atoms with van der Waals surface area (Å²) in [5.74, 6) is 0. The van der Waals surface area contributed by atoms with E-state index < -0.39 is 0 Å². The lowest BCUT2D eigenvalue weighted by Gasteiger charge is -2.19. The highest BCUT2D eigenvalue weighted by Crippen LogP contribution is 2.33. The minimum absolute atomic E-state index is 0.183. The summed E-state index contributed by atoms with van der Waals surface area (Å²) in [6, 6.07) is 13.6. The zero-order chi connectivity index (χ0) is 15.4. The maximum Gasteiger partial charge on any atom is 0.0467 e. The number of hydrogen-bond acceptors (Lipinski definition) is 0. The van der Waals surface area contributed by atoms with Crippen molar-refractivity contribution in [2.24, 2.45) is 0 Å². The fourth-order valence-corrected chi connectivity index (χ4v) is 2.84. The van der Waals surface area contributed by atoms with Crippen molar-refractivity contribution in [3.05, 3.63) is 47.5 Å². The summed E-state index contributed by atoms with van der Waals surface area (Å²) in [6.45, 7) is 13.6. The highest BCUT2D eigenvalue weighted by Gasteiger charge is 2.17. The Balaban J connectivity index is 2.26. The third-order valence-electron chi connectivity index (χ3n) is 4.33. The largest absolute Gasteiger partial charge is 0.355 e. The number of hydrogen-bond donors (Lipinski definition) is 1. The van der Waals surface area contributed by atoms with E-state index in [-0.39, 0.29) is 10.8 Å². The van der Waals surface area contributed by atoms with Gasteiger partial charge >= 0.3 is 0 Å². The number of benzene rings is 2. The van der Waals surface area contributed by atoms with Crippen molar-refractivity contribution in [1.29, 1.82) is 0 Å². The lowest BCUT2D eigenvalue weighted by atomic mass is 9.85. The lowest BCUT2D eigenvalue weighted by molar-refractivity contribution is 0.591. The minimum Gasteiger partial charge on any atom is -0.355 e. The third-order valence-corrected chi connectivity index (χ3v) is 4.33. The first kappa shape index (κ1) is 14.2. The van der Waals surface area contributed by atoms with Crippen LogP contribution >= 0.6 is 0 Å². The van der Waals surface area contributed by atoms with Crippen LogP contribution in [0.5, 0.6) is 0 Å². The second kappa shape index (κ2) is 4.37. The molecular weight excluding hydrogens is 254 g/mol. The van der Waals surface area contributed by atoms with Crippen LogP contribution in [0.2, 0.25) is 0 Å². The van der Waals surface area contributed by atoms with E-state index >= 15 is 0 Å². The van der Waals surface area contributed by atoms with Gasteiger partial charge in [0.05, 0.1) is 0 Å². The number of fused-ring (bicyclic) bond motifs is 3. The van der Waals surface area contributed by atoms with Crippen LogP contribution in [0.15, 0.2) is 36.4 Å². The molecule has 0 aliphatic rings. The first-order valence-electron chi connectivity index (χ1n) is 7.73. The molecule has 1 N–H and O–H groups in total. The maximum absolute atomic E-state index is 3.57. The average molecular weight is 279 g/mol. The quantitative estimate of drug-likeness (QED) is 0.526. The number of rotatable bonds is 0. The van der Waals surface area contributed by atoms with Gasteiger partial charge in [0, 0.05) is 21.8 Å². The van der Waals surface area contributed by atoms with E-state index in [1.54, 1.807) is 0 Å². The van der Waals surface area contributed by atoms with Crippen molar-refractivity contribution < 1.29 is 0 Å². The molecule has 3 rings (SSSR count). The van der Waals surface area contributed by atoms with Crippen LogP contribution in [0, 0.1) is 0 Å². The Morgan fingerprint density at radius 2 is 1.19 bits per heavy atom. The molecule has 0 unspecified atom stereocenters. The molecule has 0 aliphatic heterocycles. The third kappa shape index (κ3) is 2.46. The van der Waals surface area contributed by atoms with Gasteiger partial charge in [-0.3, -0.25) is 0 Å². The van der Waals surface area contributed by atoms with Crippen LogP contribution in [0.25, 0.3) is 21.8 Å². The van der Waals surface area contributed by atoms with Crippen molar-refractivity contribution in [1.82, 2.24) is 4.98 Å². The van der Waals surface area contributed by atoms with Crippen molar-refractivity contribution in [2.75, 3.05) is 0 Å². The van der Waals surface area contributed by atoms with Gasteiger partial charge in [-0.25, -0.2) is 0 Å². The van der Waals surface area contributed by atoms with Gasteiger partial charge in [0.15, 0.2) is 0 Å². The Labute approximate surface area is 127 Å². The maximum atomic E-state index is 3.57. The fourth-order valence-electron chi connectivity index (χ4n) is 2.84. The zero-order valence-electron chi connectivity index (χ0n) is 14.0. The molecule has 1 aromatic heterocycles. The molecule has 1 heteroatoms. The molecule has 0 spiro atoms. The number of aromatic amines is 1. The highest BCUT2D eigenvalue weighted by molar-refractivity contribution is 6.07. The van der Waals surface area contributed by atoms with Crippen LogP contribution in [-0.2, 0) is 10.8 Å². The zero-order valence-corrected chi connectivity index (χ0v) is 14.0. The first-order chi connectivity index (χ1) is 9.66. The fraction of sp³-hybridized carbons (Fsp3) is 0.400. The summed E-state index contributed by atoms with van der Waals surface area (Å²) in [6.07, 6.45) is 0. The normalized spacial score (nSPS) is 13.2. The van der Waals surface area contributed by atoms with E-state index in [1.807, 2.05) is 0 Å². The van der Waals surface area contributed by atoms with Gasteiger partial charge in [0.1, 0.15) is 0 Å². The first-order valence-corrected chi connectivity index (χ1v) is 7.73. The Morgan fingerprint density at radius 1 is 0.619 bits per heavy atom.